The number of fused-ring (bicyclic) bond motifs is 7. The van der Waals surface area contributed by atoms with Crippen LogP contribution in [0.15, 0.2) is 66.7 Å². The van der Waals surface area contributed by atoms with Crippen molar-refractivity contribution in [3.63, 3.8) is 0 Å². The number of carbonyl (C=O) groups is 2. The van der Waals surface area contributed by atoms with Crippen LogP contribution < -0.4 is 0 Å². The molecule has 0 unspecified atom stereocenters. The van der Waals surface area contributed by atoms with E-state index in [0.717, 1.165) is 43.5 Å². The second-order valence-electron chi connectivity index (χ2n) is 7.00. The van der Waals surface area contributed by atoms with Gasteiger partial charge in [-0.25, -0.2) is 9.97 Å². The van der Waals surface area contributed by atoms with Crippen molar-refractivity contribution in [2.75, 3.05) is 0 Å². The Labute approximate surface area is 159 Å². The summed E-state index contributed by atoms with van der Waals surface area (Å²) in [5.41, 5.74) is 3.59. The summed E-state index contributed by atoms with van der Waals surface area (Å²) >= 11 is 0. The van der Waals surface area contributed by atoms with E-state index in [0.29, 0.717) is 11.3 Å². The van der Waals surface area contributed by atoms with Gasteiger partial charge < -0.3 is 0 Å². The third-order valence-electron chi connectivity index (χ3n) is 5.36. The van der Waals surface area contributed by atoms with Crippen LogP contribution in [0, 0.1) is 0 Å². The molecule has 130 valence electrons. The number of aromatic nitrogens is 2. The maximum atomic E-state index is 12.2. The first-order chi connectivity index (χ1) is 13.7. The molecule has 0 N–H and O–H groups in total. The molecule has 0 spiro atoms. The molecule has 3 aromatic carbocycles. The molecule has 0 radical (unpaired) electrons. The molecule has 0 saturated heterocycles. The Morgan fingerprint density at radius 1 is 0.643 bits per heavy atom. The van der Waals surface area contributed by atoms with E-state index in [1.54, 1.807) is 12.1 Å². The first-order valence-corrected chi connectivity index (χ1v) is 9.02. The van der Waals surface area contributed by atoms with E-state index in [-0.39, 0.29) is 0 Å². The Bertz CT molecular complexity index is 1550. The third kappa shape index (κ3) is 2.00. The van der Waals surface area contributed by atoms with E-state index >= 15 is 0 Å². The smallest absolute Gasteiger partial charge is 0.235 e. The van der Waals surface area contributed by atoms with Crippen LogP contribution in [0.5, 0.6) is 0 Å². The summed E-state index contributed by atoms with van der Waals surface area (Å²) in [5, 5.41) is 5.02. The van der Waals surface area contributed by atoms with Crippen LogP contribution in [0.2, 0.25) is 0 Å². The highest BCUT2D eigenvalue weighted by atomic mass is 16.2. The highest BCUT2D eigenvalue weighted by Gasteiger charge is 2.23. The first kappa shape index (κ1) is 15.2. The van der Waals surface area contributed by atoms with Gasteiger partial charge in [-0.05, 0) is 30.4 Å². The van der Waals surface area contributed by atoms with E-state index < -0.39 is 11.6 Å². The van der Waals surface area contributed by atoms with Crippen molar-refractivity contribution in [3.8, 4) is 0 Å². The molecule has 6 rings (SSSR count). The van der Waals surface area contributed by atoms with Gasteiger partial charge >= 0.3 is 0 Å². The Morgan fingerprint density at radius 2 is 1.36 bits per heavy atom. The van der Waals surface area contributed by atoms with Crippen molar-refractivity contribution in [1.82, 2.24) is 9.97 Å². The Hall–Kier alpha value is -3.92. The van der Waals surface area contributed by atoms with Crippen molar-refractivity contribution < 1.29 is 9.59 Å². The van der Waals surface area contributed by atoms with Crippen LogP contribution >= 0.6 is 0 Å². The average Bonchev–Trinajstić information content (AvgIpc) is 2.73. The number of Topliss-reactive ketones (excluding diaryl/α,β-unsaturated/α-hetero) is 1. The van der Waals surface area contributed by atoms with Crippen molar-refractivity contribution in [2.45, 2.75) is 0 Å². The number of hydrogen-bond donors (Lipinski definition) is 0. The summed E-state index contributed by atoms with van der Waals surface area (Å²) in [4.78, 5) is 33.5. The molecule has 2 aromatic heterocycles. The molecule has 0 bridgehead atoms. The minimum atomic E-state index is -0.503. The average molecular weight is 360 g/mol. The van der Waals surface area contributed by atoms with Crippen LogP contribution in [0.4, 0.5) is 0 Å². The number of rotatable bonds is 0. The monoisotopic (exact) mass is 360 g/mol. The largest absolute Gasteiger partial charge is 0.286 e. The maximum absolute atomic E-state index is 12.2. The zero-order valence-corrected chi connectivity index (χ0v) is 14.6. The van der Waals surface area contributed by atoms with E-state index in [4.69, 9.17) is 9.97 Å². The fraction of sp³-hybridized carbons (Fsp3) is 0. The quantitative estimate of drug-likeness (QED) is 0.225. The third-order valence-corrected chi connectivity index (χ3v) is 5.36. The lowest BCUT2D eigenvalue weighted by Crippen LogP contribution is -2.17. The second kappa shape index (κ2) is 5.30. The topological polar surface area (TPSA) is 59.9 Å². The standard InChI is InChI=1S/C24H12N2O2/c27-21-10-9-20-18(24(21)28)12-15-6-8-16-17(23(15)26-20)7-5-14-11-13-3-1-2-4-19(13)25-22(14)16/h1-12H. The molecule has 4 heteroatoms. The molecule has 0 aliphatic heterocycles. The van der Waals surface area contributed by atoms with Crippen LogP contribution in [0.1, 0.15) is 16.1 Å². The lowest BCUT2D eigenvalue weighted by atomic mass is 9.95. The van der Waals surface area contributed by atoms with E-state index in [2.05, 4.69) is 24.3 Å². The number of pyridine rings is 2. The van der Waals surface area contributed by atoms with Gasteiger partial charge in [0, 0.05) is 26.9 Å². The molecular formula is C24H12N2O2. The fourth-order valence-electron chi connectivity index (χ4n) is 3.97. The second-order valence-corrected chi connectivity index (χ2v) is 7.00. The Morgan fingerprint density at radius 3 is 2.18 bits per heavy atom. The number of hydrogen-bond acceptors (Lipinski definition) is 4. The van der Waals surface area contributed by atoms with Crippen LogP contribution in [-0.4, -0.2) is 21.5 Å². The van der Waals surface area contributed by atoms with Gasteiger partial charge in [-0.2, -0.15) is 0 Å². The highest BCUT2D eigenvalue weighted by molar-refractivity contribution is 6.50. The predicted molar refractivity (Wildman–Crippen MR) is 110 cm³/mol. The van der Waals surface area contributed by atoms with Gasteiger partial charge in [0.05, 0.1) is 27.8 Å². The SMILES string of the molecule is O=C1C=Cc2nc3c(ccc4c3ccc3cc5ccccc5nc34)cc2C1=O. The molecule has 1 aliphatic carbocycles. The summed E-state index contributed by atoms with van der Waals surface area (Å²) in [6, 6.07) is 20.0. The first-order valence-electron chi connectivity index (χ1n) is 9.02. The minimum absolute atomic E-state index is 0.365. The summed E-state index contributed by atoms with van der Waals surface area (Å²) in [7, 11) is 0. The van der Waals surface area contributed by atoms with Gasteiger partial charge in [0.1, 0.15) is 0 Å². The van der Waals surface area contributed by atoms with Crippen molar-refractivity contribution in [2.24, 2.45) is 0 Å². The molecule has 0 saturated carbocycles. The fourth-order valence-corrected chi connectivity index (χ4v) is 3.97. The normalized spacial score (nSPS) is 13.7. The summed E-state index contributed by atoms with van der Waals surface area (Å²) in [6.07, 6.45) is 2.90. The number of benzene rings is 3. The number of para-hydroxylation sites is 1. The van der Waals surface area contributed by atoms with Crippen LogP contribution in [-0.2, 0) is 4.79 Å². The summed E-state index contributed by atoms with van der Waals surface area (Å²) in [6.45, 7) is 0. The highest BCUT2D eigenvalue weighted by Crippen LogP contribution is 2.32. The van der Waals surface area contributed by atoms with E-state index in [1.165, 1.54) is 6.08 Å². The minimum Gasteiger partial charge on any atom is -0.286 e. The van der Waals surface area contributed by atoms with Gasteiger partial charge in [-0.1, -0.05) is 42.5 Å². The molecule has 2 heterocycles. The lowest BCUT2D eigenvalue weighted by molar-refractivity contribution is -0.110. The molecule has 0 amide bonds. The van der Waals surface area contributed by atoms with Crippen molar-refractivity contribution in [3.05, 3.63) is 78.0 Å². The van der Waals surface area contributed by atoms with Crippen LogP contribution in [0.3, 0.4) is 0 Å². The lowest BCUT2D eigenvalue weighted by Gasteiger charge is -2.12. The zero-order chi connectivity index (χ0) is 18.8. The zero-order valence-electron chi connectivity index (χ0n) is 14.6. The molecule has 1 aliphatic rings. The predicted octanol–water partition coefficient (Wildman–Crippen LogP) is 4.87. The summed E-state index contributed by atoms with van der Waals surface area (Å²) < 4.78 is 0. The van der Waals surface area contributed by atoms with Gasteiger partial charge in [-0.15, -0.1) is 0 Å². The molecule has 5 aromatic rings. The van der Waals surface area contributed by atoms with Crippen molar-refractivity contribution in [1.29, 1.82) is 0 Å². The number of allylic oxidation sites excluding steroid dienone is 1. The molecular weight excluding hydrogens is 348 g/mol. The molecule has 0 fully saturated rings. The Kier molecular flexibility index (Phi) is 2.87. The molecule has 0 atom stereocenters. The van der Waals surface area contributed by atoms with Gasteiger partial charge in [0.15, 0.2) is 0 Å². The maximum Gasteiger partial charge on any atom is 0.235 e. The van der Waals surface area contributed by atoms with Gasteiger partial charge in [0.2, 0.25) is 11.6 Å². The van der Waals surface area contributed by atoms with Crippen molar-refractivity contribution >= 4 is 61.1 Å². The summed E-state index contributed by atoms with van der Waals surface area (Å²) in [5.74, 6) is -1.00. The Balaban J connectivity index is 1.73. The number of carbonyl (C=O) groups excluding carboxylic acids is 2. The molecule has 28 heavy (non-hydrogen) atoms. The van der Waals surface area contributed by atoms with Crippen LogP contribution in [0.25, 0.3) is 49.6 Å². The van der Waals surface area contributed by atoms with E-state index in [9.17, 15) is 9.59 Å². The number of ketones is 2. The molecule has 4 nitrogen and oxygen atoms in total. The number of nitrogens with zero attached hydrogens (tertiary/aromatic N) is 2. The van der Waals surface area contributed by atoms with Gasteiger partial charge in [0.25, 0.3) is 0 Å². The van der Waals surface area contributed by atoms with E-state index in [1.807, 2.05) is 30.3 Å². The van der Waals surface area contributed by atoms with Gasteiger partial charge in [-0.3, -0.25) is 9.59 Å².